The zero-order valence-corrected chi connectivity index (χ0v) is 11.2. The average Bonchev–Trinajstić information content (AvgIpc) is 2.69. The molecule has 96 valence electrons. The highest BCUT2D eigenvalue weighted by Gasteiger charge is 2.29. The van der Waals surface area contributed by atoms with Gasteiger partial charge in [0.15, 0.2) is 0 Å². The minimum absolute atomic E-state index is 0.929. The van der Waals surface area contributed by atoms with Gasteiger partial charge in [-0.1, -0.05) is 6.92 Å². The molecule has 1 aliphatic carbocycles. The smallest absolute Gasteiger partial charge is 0.0521 e. The first kappa shape index (κ1) is 12.6. The molecule has 0 spiro atoms. The second kappa shape index (κ2) is 6.20. The molecule has 2 unspecified atom stereocenters. The molecule has 3 nitrogen and oxygen atoms in total. The maximum Gasteiger partial charge on any atom is 0.0521 e. The average molecular weight is 235 g/mol. The molecule has 0 radical (unpaired) electrons. The van der Waals surface area contributed by atoms with Crippen molar-refractivity contribution in [2.24, 2.45) is 18.9 Å². The lowest BCUT2D eigenvalue weighted by atomic mass is 9.71. The number of nitrogens with zero attached hydrogens (tertiary/aromatic N) is 2. The van der Waals surface area contributed by atoms with Gasteiger partial charge in [0.25, 0.3) is 0 Å². The minimum Gasteiger partial charge on any atom is -0.316 e. The fraction of sp³-hybridized carbons (Fsp3) is 0.786. The molecule has 0 bridgehead atoms. The van der Waals surface area contributed by atoms with Crippen molar-refractivity contribution in [2.45, 2.75) is 39.0 Å². The van der Waals surface area contributed by atoms with E-state index < -0.39 is 0 Å². The first-order chi connectivity index (χ1) is 8.29. The second-order valence-corrected chi connectivity index (χ2v) is 5.36. The summed E-state index contributed by atoms with van der Waals surface area (Å²) < 4.78 is 1.90. The maximum atomic E-state index is 4.22. The minimum atomic E-state index is 0.929. The molecule has 2 rings (SSSR count). The molecule has 1 fully saturated rings. The largest absolute Gasteiger partial charge is 0.316 e. The van der Waals surface area contributed by atoms with E-state index >= 15 is 0 Å². The third kappa shape index (κ3) is 3.56. The molecule has 1 aromatic rings. The van der Waals surface area contributed by atoms with Gasteiger partial charge in [-0.25, -0.2) is 0 Å². The number of rotatable bonds is 7. The van der Waals surface area contributed by atoms with Gasteiger partial charge < -0.3 is 5.32 Å². The lowest BCUT2D eigenvalue weighted by Gasteiger charge is -2.37. The summed E-state index contributed by atoms with van der Waals surface area (Å²) in [6, 6.07) is 0. The van der Waals surface area contributed by atoms with E-state index in [1.807, 2.05) is 17.9 Å². The fourth-order valence-corrected chi connectivity index (χ4v) is 2.70. The van der Waals surface area contributed by atoms with Crippen LogP contribution in [0, 0.1) is 11.8 Å². The van der Waals surface area contributed by atoms with Crippen molar-refractivity contribution in [2.75, 3.05) is 13.1 Å². The Morgan fingerprint density at radius 2 is 2.24 bits per heavy atom. The normalized spacial score (nSPS) is 23.6. The van der Waals surface area contributed by atoms with Crippen molar-refractivity contribution in [3.63, 3.8) is 0 Å². The monoisotopic (exact) mass is 235 g/mol. The van der Waals surface area contributed by atoms with Crippen LogP contribution in [0.2, 0.25) is 0 Å². The summed E-state index contributed by atoms with van der Waals surface area (Å²) in [6.45, 7) is 4.63. The summed E-state index contributed by atoms with van der Waals surface area (Å²) in [5.74, 6) is 1.87. The Morgan fingerprint density at radius 1 is 1.41 bits per heavy atom. The molecule has 0 saturated heterocycles. The van der Waals surface area contributed by atoms with Gasteiger partial charge in [-0.2, -0.15) is 5.10 Å². The van der Waals surface area contributed by atoms with Gasteiger partial charge >= 0.3 is 0 Å². The molecule has 1 N–H and O–H groups in total. The van der Waals surface area contributed by atoms with Crippen LogP contribution < -0.4 is 5.32 Å². The van der Waals surface area contributed by atoms with E-state index in [4.69, 9.17) is 0 Å². The molecule has 2 atom stereocenters. The highest BCUT2D eigenvalue weighted by molar-refractivity contribution is 5.04. The van der Waals surface area contributed by atoms with Gasteiger partial charge in [-0.3, -0.25) is 4.68 Å². The predicted molar refractivity (Wildman–Crippen MR) is 70.9 cm³/mol. The van der Waals surface area contributed by atoms with Crippen molar-refractivity contribution in [3.8, 4) is 0 Å². The van der Waals surface area contributed by atoms with Gasteiger partial charge in [0.1, 0.15) is 0 Å². The van der Waals surface area contributed by atoms with Crippen LogP contribution in [0.4, 0.5) is 0 Å². The Kier molecular flexibility index (Phi) is 4.60. The highest BCUT2D eigenvalue weighted by Crippen LogP contribution is 2.37. The zero-order chi connectivity index (χ0) is 12.1. The summed E-state index contributed by atoms with van der Waals surface area (Å²) >= 11 is 0. The van der Waals surface area contributed by atoms with Crippen molar-refractivity contribution >= 4 is 0 Å². The van der Waals surface area contributed by atoms with Gasteiger partial charge in [-0.15, -0.1) is 0 Å². The molecule has 1 saturated carbocycles. The zero-order valence-electron chi connectivity index (χ0n) is 11.2. The van der Waals surface area contributed by atoms with Gasteiger partial charge in [0, 0.05) is 13.2 Å². The van der Waals surface area contributed by atoms with Crippen LogP contribution >= 0.6 is 0 Å². The topological polar surface area (TPSA) is 29.9 Å². The Bertz CT molecular complexity index is 332. The van der Waals surface area contributed by atoms with Crippen LogP contribution in [0.25, 0.3) is 0 Å². The third-order valence-corrected chi connectivity index (χ3v) is 3.97. The van der Waals surface area contributed by atoms with Crippen LogP contribution in [0.1, 0.15) is 38.2 Å². The van der Waals surface area contributed by atoms with Crippen LogP contribution in [0.15, 0.2) is 12.4 Å². The predicted octanol–water partition coefficient (Wildman–Crippen LogP) is 2.38. The first-order valence-electron chi connectivity index (χ1n) is 6.98. The molecule has 1 aromatic heterocycles. The molecule has 0 aliphatic heterocycles. The Hall–Kier alpha value is -0.830. The van der Waals surface area contributed by atoms with E-state index in [-0.39, 0.29) is 0 Å². The van der Waals surface area contributed by atoms with E-state index in [1.165, 1.54) is 50.8 Å². The second-order valence-electron chi connectivity index (χ2n) is 5.36. The quantitative estimate of drug-likeness (QED) is 0.735. The number of nitrogens with one attached hydrogen (secondary N) is 1. The van der Waals surface area contributed by atoms with Gasteiger partial charge in [-0.05, 0) is 62.6 Å². The van der Waals surface area contributed by atoms with Crippen molar-refractivity contribution in [1.82, 2.24) is 15.1 Å². The SMILES string of the molecule is CCCNCC1CCC1CCc1cnn(C)c1. The lowest BCUT2D eigenvalue weighted by Crippen LogP contribution is -2.35. The molecule has 3 heteroatoms. The van der Waals surface area contributed by atoms with Crippen molar-refractivity contribution in [3.05, 3.63) is 18.0 Å². The first-order valence-corrected chi connectivity index (χ1v) is 6.98. The van der Waals surface area contributed by atoms with E-state index in [0.717, 1.165) is 11.8 Å². The Balaban J connectivity index is 1.66. The molecule has 17 heavy (non-hydrogen) atoms. The fourth-order valence-electron chi connectivity index (χ4n) is 2.70. The molecule has 1 aliphatic rings. The Morgan fingerprint density at radius 3 is 2.82 bits per heavy atom. The number of aromatic nitrogens is 2. The molecule has 1 heterocycles. The summed E-state index contributed by atoms with van der Waals surface area (Å²) in [7, 11) is 1.99. The van der Waals surface area contributed by atoms with E-state index in [0.29, 0.717) is 0 Å². The molecule has 0 amide bonds. The molecule has 0 aromatic carbocycles. The molecular weight excluding hydrogens is 210 g/mol. The summed E-state index contributed by atoms with van der Waals surface area (Å²) in [6.07, 6.45) is 10.8. The standard InChI is InChI=1S/C14H25N3/c1-3-8-15-10-14-7-6-13(14)5-4-12-9-16-17(2)11-12/h9,11,13-15H,3-8,10H2,1-2H3. The number of aryl methyl sites for hydroxylation is 2. The maximum absolute atomic E-state index is 4.22. The van der Waals surface area contributed by atoms with E-state index in [1.54, 1.807) is 0 Å². The third-order valence-electron chi connectivity index (χ3n) is 3.97. The Labute approximate surface area is 105 Å². The highest BCUT2D eigenvalue weighted by atomic mass is 15.2. The lowest BCUT2D eigenvalue weighted by molar-refractivity contribution is 0.161. The summed E-state index contributed by atoms with van der Waals surface area (Å²) in [5, 5.41) is 7.78. The van der Waals surface area contributed by atoms with E-state index in [2.05, 4.69) is 23.5 Å². The van der Waals surface area contributed by atoms with Crippen LogP contribution in [-0.2, 0) is 13.5 Å². The van der Waals surface area contributed by atoms with Crippen LogP contribution in [0.5, 0.6) is 0 Å². The van der Waals surface area contributed by atoms with Crippen molar-refractivity contribution < 1.29 is 0 Å². The number of hydrogen-bond acceptors (Lipinski definition) is 2. The van der Waals surface area contributed by atoms with Crippen LogP contribution in [-0.4, -0.2) is 22.9 Å². The van der Waals surface area contributed by atoms with Crippen LogP contribution in [0.3, 0.4) is 0 Å². The van der Waals surface area contributed by atoms with Gasteiger partial charge in [0.05, 0.1) is 6.20 Å². The van der Waals surface area contributed by atoms with Gasteiger partial charge in [0.2, 0.25) is 0 Å². The van der Waals surface area contributed by atoms with Crippen molar-refractivity contribution in [1.29, 1.82) is 0 Å². The summed E-state index contributed by atoms with van der Waals surface area (Å²) in [5.41, 5.74) is 1.39. The number of hydrogen-bond donors (Lipinski definition) is 1. The summed E-state index contributed by atoms with van der Waals surface area (Å²) in [4.78, 5) is 0. The van der Waals surface area contributed by atoms with E-state index in [9.17, 15) is 0 Å². The molecular formula is C14H25N3.